The zero-order valence-corrected chi connectivity index (χ0v) is 26.9. The number of carbonyl (C=O) groups excluding carboxylic acids is 3. The number of nitrogens with one attached hydrogen (secondary N) is 3. The van der Waals surface area contributed by atoms with Gasteiger partial charge in [0.2, 0.25) is 5.91 Å². The summed E-state index contributed by atoms with van der Waals surface area (Å²) in [6.45, 7) is 3.98. The Kier molecular flexibility index (Phi) is 10.7. The Morgan fingerprint density at radius 2 is 1.46 bits per heavy atom. The molecule has 0 aliphatic heterocycles. The first-order valence-electron chi connectivity index (χ1n) is 14.6. The first-order valence-corrected chi connectivity index (χ1v) is 15.9. The summed E-state index contributed by atoms with van der Waals surface area (Å²) in [5.74, 6) is -1.10. The molecular weight excluding hydrogens is 614 g/mol. The number of anilines is 2. The van der Waals surface area contributed by atoms with Crippen LogP contribution in [0, 0.1) is 13.8 Å². The molecule has 0 fully saturated rings. The third-order valence-corrected chi connectivity index (χ3v) is 8.50. The monoisotopic (exact) mass is 645 g/mol. The fraction of sp³-hybridized carbons (Fsp3) is 0.0789. The van der Waals surface area contributed by atoms with Crippen LogP contribution in [0.1, 0.15) is 37.9 Å². The van der Waals surface area contributed by atoms with Gasteiger partial charge in [0.25, 0.3) is 11.8 Å². The van der Waals surface area contributed by atoms with Crippen LogP contribution in [-0.2, 0) is 9.59 Å². The smallest absolute Gasteiger partial charge is 0.272 e. The van der Waals surface area contributed by atoms with Crippen molar-refractivity contribution in [2.75, 3.05) is 10.6 Å². The Morgan fingerprint density at radius 1 is 0.739 bits per heavy atom. The van der Waals surface area contributed by atoms with Gasteiger partial charge in [-0.05, 0) is 85.1 Å². The Balaban J connectivity index is 1.38. The number of aryl methyl sites for hydroxylation is 2. The predicted molar refractivity (Wildman–Crippen MR) is 188 cm³/mol. The predicted octanol–water partition coefficient (Wildman–Crippen LogP) is 8.84. The Hall–Kier alpha value is -5.11. The summed E-state index contributed by atoms with van der Waals surface area (Å²) >= 11 is 7.55. The van der Waals surface area contributed by atoms with E-state index in [1.165, 1.54) is 11.8 Å². The van der Waals surface area contributed by atoms with Crippen molar-refractivity contribution < 1.29 is 14.4 Å². The van der Waals surface area contributed by atoms with Crippen molar-refractivity contribution in [2.45, 2.75) is 24.0 Å². The summed E-state index contributed by atoms with van der Waals surface area (Å²) in [5, 5.41) is 8.68. The molecule has 0 spiro atoms. The fourth-order valence-corrected chi connectivity index (χ4v) is 6.02. The van der Waals surface area contributed by atoms with Crippen molar-refractivity contribution in [3.05, 3.63) is 166 Å². The average Bonchev–Trinajstić information content (AvgIpc) is 3.05. The summed E-state index contributed by atoms with van der Waals surface area (Å²) < 4.78 is 0. The second kappa shape index (κ2) is 15.3. The van der Waals surface area contributed by atoms with E-state index < -0.39 is 17.1 Å². The minimum atomic E-state index is -0.559. The van der Waals surface area contributed by atoms with E-state index in [2.05, 4.69) is 16.0 Å². The van der Waals surface area contributed by atoms with Gasteiger partial charge in [0.1, 0.15) is 10.9 Å². The molecule has 3 N–H and O–H groups in total. The molecule has 1 unspecified atom stereocenters. The molecule has 5 aromatic rings. The highest BCUT2D eigenvalue weighted by Gasteiger charge is 2.23. The number of thioether (sulfide) groups is 1. The number of rotatable bonds is 10. The van der Waals surface area contributed by atoms with Crippen LogP contribution in [-0.4, -0.2) is 17.7 Å². The highest BCUT2D eigenvalue weighted by molar-refractivity contribution is 8.00. The number of hydrogen-bond acceptors (Lipinski definition) is 4. The summed E-state index contributed by atoms with van der Waals surface area (Å²) in [6.07, 6.45) is 1.57. The molecule has 5 rings (SSSR count). The highest BCUT2D eigenvalue weighted by atomic mass is 35.5. The van der Waals surface area contributed by atoms with Crippen LogP contribution in [0.5, 0.6) is 0 Å². The van der Waals surface area contributed by atoms with E-state index in [4.69, 9.17) is 11.6 Å². The lowest BCUT2D eigenvalue weighted by atomic mass is 10.1. The lowest BCUT2D eigenvalue weighted by molar-refractivity contribution is -0.116. The molecule has 1 atom stereocenters. The van der Waals surface area contributed by atoms with Crippen molar-refractivity contribution >= 4 is 58.5 Å². The van der Waals surface area contributed by atoms with Gasteiger partial charge in [0.05, 0.1) is 0 Å². The SMILES string of the molecule is Cc1ccc(NC(=O)C(Sc2cccc(NC(=O)/C(=C/c3cccc(Cl)c3)NC(=O)c3ccccc3)c2)c2ccccc2)c(C)c1. The van der Waals surface area contributed by atoms with Gasteiger partial charge in [0, 0.05) is 26.9 Å². The molecule has 0 saturated heterocycles. The molecule has 8 heteroatoms. The van der Waals surface area contributed by atoms with Gasteiger partial charge >= 0.3 is 0 Å². The lowest BCUT2D eigenvalue weighted by Gasteiger charge is -2.19. The maximum atomic E-state index is 13.7. The average molecular weight is 646 g/mol. The molecule has 5 aromatic carbocycles. The topological polar surface area (TPSA) is 87.3 Å². The van der Waals surface area contributed by atoms with E-state index in [1.807, 2.05) is 80.6 Å². The zero-order valence-electron chi connectivity index (χ0n) is 25.3. The third kappa shape index (κ3) is 8.75. The van der Waals surface area contributed by atoms with Crippen molar-refractivity contribution in [2.24, 2.45) is 0 Å². The van der Waals surface area contributed by atoms with Crippen molar-refractivity contribution in [1.29, 1.82) is 0 Å². The van der Waals surface area contributed by atoms with Gasteiger partial charge in [-0.2, -0.15) is 0 Å². The van der Waals surface area contributed by atoms with Crippen LogP contribution >= 0.6 is 23.4 Å². The van der Waals surface area contributed by atoms with Gasteiger partial charge in [-0.3, -0.25) is 14.4 Å². The molecule has 0 aromatic heterocycles. The maximum Gasteiger partial charge on any atom is 0.272 e. The number of benzene rings is 5. The van der Waals surface area contributed by atoms with Crippen molar-refractivity contribution in [3.8, 4) is 0 Å². The van der Waals surface area contributed by atoms with Crippen LogP contribution in [0.3, 0.4) is 0 Å². The van der Waals surface area contributed by atoms with Crippen molar-refractivity contribution in [3.63, 3.8) is 0 Å². The second-order valence-corrected chi connectivity index (χ2v) is 12.2. The summed E-state index contributed by atoms with van der Waals surface area (Å²) in [6, 6.07) is 38.4. The molecular formula is C38H32ClN3O3S. The van der Waals surface area contributed by atoms with Crippen molar-refractivity contribution in [1.82, 2.24) is 5.32 Å². The summed E-state index contributed by atoms with van der Waals surface area (Å²) in [7, 11) is 0. The van der Waals surface area contributed by atoms with Crippen LogP contribution < -0.4 is 16.0 Å². The van der Waals surface area contributed by atoms with Gasteiger partial charge in [-0.15, -0.1) is 11.8 Å². The van der Waals surface area contributed by atoms with E-state index in [1.54, 1.807) is 66.7 Å². The number of hydrogen-bond donors (Lipinski definition) is 3. The number of carbonyl (C=O) groups is 3. The first kappa shape index (κ1) is 32.3. The number of halogens is 1. The molecule has 0 radical (unpaired) electrons. The zero-order chi connectivity index (χ0) is 32.5. The molecule has 6 nitrogen and oxygen atoms in total. The molecule has 0 saturated carbocycles. The van der Waals surface area contributed by atoms with Crippen LogP contribution in [0.25, 0.3) is 6.08 Å². The molecule has 0 bridgehead atoms. The Labute approximate surface area is 277 Å². The number of amides is 3. The third-order valence-electron chi connectivity index (χ3n) is 7.01. The fourth-order valence-electron chi connectivity index (χ4n) is 4.74. The van der Waals surface area contributed by atoms with Gasteiger partial charge < -0.3 is 16.0 Å². The van der Waals surface area contributed by atoms with E-state index in [9.17, 15) is 14.4 Å². The van der Waals surface area contributed by atoms with E-state index in [0.29, 0.717) is 21.8 Å². The standard InChI is InChI=1S/C38H32ClN3O3S/c1-25-19-20-33(26(2)21-25)41-38(45)35(28-12-5-3-6-13-28)46-32-18-10-17-31(24-32)40-37(44)34(23-27-11-9-16-30(39)22-27)42-36(43)29-14-7-4-8-15-29/h3-24,35H,1-2H3,(H,40,44)(H,41,45)(H,42,43)/b34-23-. The molecule has 0 aliphatic rings. The molecule has 46 heavy (non-hydrogen) atoms. The van der Waals surface area contributed by atoms with Gasteiger partial charge in [-0.1, -0.05) is 96.0 Å². The largest absolute Gasteiger partial charge is 0.325 e. The van der Waals surface area contributed by atoms with E-state index >= 15 is 0 Å². The normalized spacial score (nSPS) is 11.8. The lowest BCUT2D eigenvalue weighted by Crippen LogP contribution is -2.30. The minimum absolute atomic E-state index is 0.0455. The molecule has 3 amide bonds. The Bertz CT molecular complexity index is 1890. The molecule has 230 valence electrons. The van der Waals surface area contributed by atoms with E-state index in [-0.39, 0.29) is 11.6 Å². The van der Waals surface area contributed by atoms with Gasteiger partial charge in [-0.25, -0.2) is 0 Å². The molecule has 0 aliphatic carbocycles. The quantitative estimate of drug-likeness (QED) is 0.105. The minimum Gasteiger partial charge on any atom is -0.325 e. The van der Waals surface area contributed by atoms with Gasteiger partial charge in [0.15, 0.2) is 0 Å². The first-order chi connectivity index (χ1) is 22.2. The second-order valence-electron chi connectivity index (χ2n) is 10.6. The summed E-state index contributed by atoms with van der Waals surface area (Å²) in [5.41, 5.74) is 5.32. The molecule has 0 heterocycles. The van der Waals surface area contributed by atoms with Crippen LogP contribution in [0.4, 0.5) is 11.4 Å². The van der Waals surface area contributed by atoms with E-state index in [0.717, 1.165) is 27.3 Å². The Morgan fingerprint density at radius 3 is 2.17 bits per heavy atom. The maximum absolute atomic E-state index is 13.7. The van der Waals surface area contributed by atoms with Crippen LogP contribution in [0.2, 0.25) is 5.02 Å². The highest BCUT2D eigenvalue weighted by Crippen LogP contribution is 2.37. The summed E-state index contributed by atoms with van der Waals surface area (Å²) in [4.78, 5) is 41.0. The van der Waals surface area contributed by atoms with Crippen LogP contribution in [0.15, 0.2) is 138 Å².